The molecular formula is C28H29ClN6O2. The first-order chi connectivity index (χ1) is 17.9. The van der Waals surface area contributed by atoms with E-state index in [4.69, 9.17) is 11.6 Å². The van der Waals surface area contributed by atoms with Gasteiger partial charge in [-0.2, -0.15) is 5.10 Å². The minimum Gasteiger partial charge on any atom is -0.333 e. The number of nitrogens with one attached hydrogen (secondary N) is 2. The fourth-order valence-electron chi connectivity index (χ4n) is 3.72. The molecule has 0 atom stereocenters. The van der Waals surface area contributed by atoms with Gasteiger partial charge in [0.2, 0.25) is 0 Å². The van der Waals surface area contributed by atoms with Crippen molar-refractivity contribution in [3.8, 4) is 5.69 Å². The van der Waals surface area contributed by atoms with Gasteiger partial charge in [0.05, 0.1) is 34.5 Å². The first kappa shape index (κ1) is 25.9. The topological polar surface area (TPSA) is 82.5 Å². The lowest BCUT2D eigenvalue weighted by molar-refractivity contribution is 0.0732. The first-order valence-corrected chi connectivity index (χ1v) is 12.2. The number of para-hydroxylation sites is 1. The second kappa shape index (κ2) is 12.2. The number of hydrogen-bond acceptors (Lipinski definition) is 4. The Hall–Kier alpha value is -4.14. The summed E-state index contributed by atoms with van der Waals surface area (Å²) in [5, 5.41) is 10.3. The molecule has 2 N–H and O–H groups in total. The van der Waals surface area contributed by atoms with Gasteiger partial charge in [0, 0.05) is 25.2 Å². The fourth-order valence-corrected chi connectivity index (χ4v) is 3.90. The summed E-state index contributed by atoms with van der Waals surface area (Å²) in [5.74, 6) is -0.0582. The van der Waals surface area contributed by atoms with E-state index in [-0.39, 0.29) is 5.91 Å². The van der Waals surface area contributed by atoms with Gasteiger partial charge in [-0.05, 0) is 50.0 Å². The zero-order valence-corrected chi connectivity index (χ0v) is 21.5. The van der Waals surface area contributed by atoms with E-state index in [1.165, 1.54) is 0 Å². The van der Waals surface area contributed by atoms with Gasteiger partial charge in [-0.1, -0.05) is 60.1 Å². The Morgan fingerprint density at radius 3 is 2.43 bits per heavy atom. The average Bonchev–Trinajstić information content (AvgIpc) is 3.36. The number of amides is 3. The molecule has 1 heterocycles. The summed E-state index contributed by atoms with van der Waals surface area (Å²) in [6, 6.07) is 23.8. The molecule has 37 heavy (non-hydrogen) atoms. The van der Waals surface area contributed by atoms with Gasteiger partial charge in [0.15, 0.2) is 0 Å². The Balaban J connectivity index is 1.47. The Morgan fingerprint density at radius 1 is 0.919 bits per heavy atom. The molecule has 8 nitrogen and oxygen atoms in total. The van der Waals surface area contributed by atoms with Gasteiger partial charge in [-0.3, -0.25) is 4.79 Å². The fraction of sp³-hybridized carbons (Fsp3) is 0.179. The highest BCUT2D eigenvalue weighted by Gasteiger charge is 2.17. The van der Waals surface area contributed by atoms with Crippen LogP contribution in [0, 0.1) is 0 Å². The van der Waals surface area contributed by atoms with Crippen LogP contribution in [0.2, 0.25) is 5.02 Å². The SMILES string of the molecule is CN(C)CCN(Cc1ccccc1)C(=O)c1cccc(-n2cc(NC(=O)Nc3ccccc3Cl)cn2)c1. The number of halogens is 1. The standard InChI is InChI=1S/C28H29ClN6O2/c1-33(2)15-16-34(19-21-9-4-3-5-10-21)27(36)22-11-8-12-24(17-22)35-20-23(18-30-35)31-28(37)32-26-14-7-6-13-25(26)29/h3-14,17-18,20H,15-16,19H2,1-2H3,(H2,31,32,37). The van der Waals surface area contributed by atoms with Crippen LogP contribution >= 0.6 is 11.6 Å². The van der Waals surface area contributed by atoms with Crippen molar-refractivity contribution < 1.29 is 9.59 Å². The molecule has 9 heteroatoms. The summed E-state index contributed by atoms with van der Waals surface area (Å²) >= 11 is 6.11. The molecule has 0 bridgehead atoms. The van der Waals surface area contributed by atoms with Crippen molar-refractivity contribution in [3.05, 3.63) is 107 Å². The van der Waals surface area contributed by atoms with Crippen LogP contribution in [0.4, 0.5) is 16.2 Å². The molecule has 0 unspecified atom stereocenters. The van der Waals surface area contributed by atoms with Gasteiger partial charge in [0.25, 0.3) is 5.91 Å². The Labute approximate surface area is 221 Å². The van der Waals surface area contributed by atoms with E-state index < -0.39 is 6.03 Å². The van der Waals surface area contributed by atoms with Crippen LogP contribution in [0.1, 0.15) is 15.9 Å². The molecule has 0 aliphatic rings. The summed E-state index contributed by atoms with van der Waals surface area (Å²) in [6.45, 7) is 1.87. The zero-order valence-electron chi connectivity index (χ0n) is 20.8. The highest BCUT2D eigenvalue weighted by atomic mass is 35.5. The van der Waals surface area contributed by atoms with Gasteiger partial charge < -0.3 is 20.4 Å². The Kier molecular flexibility index (Phi) is 8.56. The zero-order chi connectivity index (χ0) is 26.2. The molecule has 3 aromatic carbocycles. The number of anilines is 2. The van der Waals surface area contributed by atoms with E-state index in [9.17, 15) is 9.59 Å². The van der Waals surface area contributed by atoms with E-state index in [0.717, 1.165) is 12.1 Å². The van der Waals surface area contributed by atoms with Gasteiger partial charge in [0.1, 0.15) is 0 Å². The minimum absolute atomic E-state index is 0.0582. The van der Waals surface area contributed by atoms with Crippen molar-refractivity contribution in [2.75, 3.05) is 37.8 Å². The highest BCUT2D eigenvalue weighted by molar-refractivity contribution is 6.33. The van der Waals surface area contributed by atoms with E-state index in [0.29, 0.717) is 40.7 Å². The predicted molar refractivity (Wildman–Crippen MR) is 147 cm³/mol. The molecular weight excluding hydrogens is 488 g/mol. The Morgan fingerprint density at radius 2 is 1.68 bits per heavy atom. The van der Waals surface area contributed by atoms with Crippen molar-refractivity contribution in [2.45, 2.75) is 6.54 Å². The monoisotopic (exact) mass is 516 g/mol. The number of carbonyl (C=O) groups excluding carboxylic acids is 2. The van der Waals surface area contributed by atoms with E-state index in [2.05, 4.69) is 20.6 Å². The van der Waals surface area contributed by atoms with Crippen molar-refractivity contribution >= 4 is 34.9 Å². The molecule has 1 aromatic heterocycles. The summed E-state index contributed by atoms with van der Waals surface area (Å²) < 4.78 is 1.61. The smallest absolute Gasteiger partial charge is 0.323 e. The van der Waals surface area contributed by atoms with Gasteiger partial charge in [-0.25, -0.2) is 9.48 Å². The van der Waals surface area contributed by atoms with Crippen LogP contribution < -0.4 is 10.6 Å². The third-order valence-electron chi connectivity index (χ3n) is 5.64. The maximum atomic E-state index is 13.5. The molecule has 0 radical (unpaired) electrons. The summed E-state index contributed by atoms with van der Waals surface area (Å²) in [5.41, 5.74) is 3.35. The summed E-state index contributed by atoms with van der Waals surface area (Å²) in [7, 11) is 3.98. The van der Waals surface area contributed by atoms with E-state index in [1.54, 1.807) is 53.5 Å². The van der Waals surface area contributed by atoms with E-state index in [1.807, 2.05) is 61.5 Å². The molecule has 4 rings (SSSR count). The predicted octanol–water partition coefficient (Wildman–Crippen LogP) is 5.37. The Bertz CT molecular complexity index is 1360. The van der Waals surface area contributed by atoms with Crippen molar-refractivity contribution in [3.63, 3.8) is 0 Å². The number of aromatic nitrogens is 2. The second-order valence-electron chi connectivity index (χ2n) is 8.80. The molecule has 0 spiro atoms. The lowest BCUT2D eigenvalue weighted by Crippen LogP contribution is -2.36. The number of hydrogen-bond donors (Lipinski definition) is 2. The maximum Gasteiger partial charge on any atom is 0.323 e. The summed E-state index contributed by atoms with van der Waals surface area (Å²) in [6.07, 6.45) is 3.23. The molecule has 0 fully saturated rings. The van der Waals surface area contributed by atoms with Crippen LogP contribution in [0.3, 0.4) is 0 Å². The molecule has 3 amide bonds. The third kappa shape index (κ3) is 7.19. The number of likely N-dealkylation sites (N-methyl/N-ethyl adjacent to an activating group) is 1. The third-order valence-corrected chi connectivity index (χ3v) is 5.97. The van der Waals surface area contributed by atoms with Crippen molar-refractivity contribution in [1.82, 2.24) is 19.6 Å². The molecule has 0 saturated carbocycles. The maximum absolute atomic E-state index is 13.5. The van der Waals surface area contributed by atoms with E-state index >= 15 is 0 Å². The number of benzene rings is 3. The number of carbonyl (C=O) groups is 2. The van der Waals surface area contributed by atoms with Gasteiger partial charge >= 0.3 is 6.03 Å². The quantitative estimate of drug-likeness (QED) is 0.313. The summed E-state index contributed by atoms with van der Waals surface area (Å²) in [4.78, 5) is 29.8. The van der Waals surface area contributed by atoms with Crippen molar-refractivity contribution in [2.24, 2.45) is 0 Å². The number of rotatable bonds is 9. The molecule has 0 aliphatic carbocycles. The molecule has 0 aliphatic heterocycles. The number of nitrogens with zero attached hydrogens (tertiary/aromatic N) is 4. The van der Waals surface area contributed by atoms with Crippen LogP contribution in [0.25, 0.3) is 5.69 Å². The molecule has 4 aromatic rings. The van der Waals surface area contributed by atoms with Crippen LogP contribution in [-0.4, -0.2) is 58.7 Å². The number of urea groups is 1. The minimum atomic E-state index is -0.436. The first-order valence-electron chi connectivity index (χ1n) is 11.8. The van der Waals surface area contributed by atoms with Gasteiger partial charge in [-0.15, -0.1) is 0 Å². The van der Waals surface area contributed by atoms with Crippen LogP contribution in [0.15, 0.2) is 91.3 Å². The average molecular weight is 517 g/mol. The van der Waals surface area contributed by atoms with Crippen LogP contribution in [-0.2, 0) is 6.54 Å². The molecule has 190 valence electrons. The highest BCUT2D eigenvalue weighted by Crippen LogP contribution is 2.21. The second-order valence-corrected chi connectivity index (χ2v) is 9.21. The molecule has 0 saturated heterocycles. The normalized spacial score (nSPS) is 10.8. The van der Waals surface area contributed by atoms with Crippen molar-refractivity contribution in [1.29, 1.82) is 0 Å². The largest absolute Gasteiger partial charge is 0.333 e. The lowest BCUT2D eigenvalue weighted by atomic mass is 10.1. The van der Waals surface area contributed by atoms with Crippen LogP contribution in [0.5, 0.6) is 0 Å². The lowest BCUT2D eigenvalue weighted by Gasteiger charge is -2.25.